The van der Waals surface area contributed by atoms with Crippen LogP contribution in [0.5, 0.6) is 0 Å². The fourth-order valence-electron chi connectivity index (χ4n) is 1.75. The first kappa shape index (κ1) is 17.5. The highest BCUT2D eigenvalue weighted by Crippen LogP contribution is 2.20. The van der Waals surface area contributed by atoms with Gasteiger partial charge in [-0.25, -0.2) is 14.4 Å². The van der Waals surface area contributed by atoms with E-state index >= 15 is 0 Å². The van der Waals surface area contributed by atoms with E-state index in [9.17, 15) is 19.5 Å². The van der Waals surface area contributed by atoms with Gasteiger partial charge in [-0.1, -0.05) is 18.2 Å². The molecule has 0 radical (unpaired) electrons. The van der Waals surface area contributed by atoms with E-state index in [4.69, 9.17) is 4.74 Å². The lowest BCUT2D eigenvalue weighted by Gasteiger charge is -2.23. The Balaban J connectivity index is 3.12. The third-order valence-electron chi connectivity index (χ3n) is 2.60. The van der Waals surface area contributed by atoms with Crippen LogP contribution in [0.1, 0.15) is 42.7 Å². The molecule has 0 aliphatic heterocycles. The Hall–Kier alpha value is -2.57. The standard InChI is InChI=1S/C15H19NO6/c1-15(2,3)22-14(20)16-11(13(19)21-4)9-7-5-6-8-10(9)12(17)18/h5-8,11H,1-4H3,(H,16,20)(H,17,18). The monoisotopic (exact) mass is 309 g/mol. The molecule has 0 aliphatic rings. The molecule has 1 aromatic carbocycles. The molecule has 1 rings (SSSR count). The zero-order chi connectivity index (χ0) is 16.9. The van der Waals surface area contributed by atoms with Gasteiger partial charge in [-0.05, 0) is 26.8 Å². The molecule has 0 fully saturated rings. The van der Waals surface area contributed by atoms with Gasteiger partial charge in [0, 0.05) is 5.56 Å². The minimum atomic E-state index is -1.27. The first-order chi connectivity index (χ1) is 10.2. The smallest absolute Gasteiger partial charge is 0.408 e. The molecule has 1 aromatic rings. The van der Waals surface area contributed by atoms with Crippen molar-refractivity contribution in [2.45, 2.75) is 32.4 Å². The second-order valence-corrected chi connectivity index (χ2v) is 5.49. The molecule has 0 saturated heterocycles. The van der Waals surface area contributed by atoms with Crippen LogP contribution in [-0.4, -0.2) is 35.8 Å². The first-order valence-corrected chi connectivity index (χ1v) is 6.55. The summed E-state index contributed by atoms with van der Waals surface area (Å²) < 4.78 is 9.71. The third-order valence-corrected chi connectivity index (χ3v) is 2.60. The second kappa shape index (κ2) is 6.93. The summed E-state index contributed by atoms with van der Waals surface area (Å²) in [6, 6.07) is 4.59. The van der Waals surface area contributed by atoms with Gasteiger partial charge in [0.2, 0.25) is 0 Å². The Morgan fingerprint density at radius 3 is 2.27 bits per heavy atom. The molecule has 0 heterocycles. The highest BCUT2D eigenvalue weighted by atomic mass is 16.6. The normalized spacial score (nSPS) is 12.2. The van der Waals surface area contributed by atoms with Crippen LogP contribution in [0.4, 0.5) is 4.79 Å². The quantitative estimate of drug-likeness (QED) is 0.826. The van der Waals surface area contributed by atoms with E-state index in [1.807, 2.05) is 0 Å². The number of aromatic carboxylic acids is 1. The number of carbonyl (C=O) groups excluding carboxylic acids is 2. The lowest BCUT2D eigenvalue weighted by molar-refractivity contribution is -0.143. The first-order valence-electron chi connectivity index (χ1n) is 6.55. The van der Waals surface area contributed by atoms with Crippen molar-refractivity contribution < 1.29 is 29.0 Å². The van der Waals surface area contributed by atoms with E-state index in [0.29, 0.717) is 0 Å². The summed E-state index contributed by atoms with van der Waals surface area (Å²) in [6.45, 7) is 5.01. The summed E-state index contributed by atoms with van der Waals surface area (Å²) in [6.07, 6.45) is -0.844. The Bertz CT molecular complexity index is 576. The number of hydrogen-bond acceptors (Lipinski definition) is 5. The highest BCUT2D eigenvalue weighted by Gasteiger charge is 2.29. The van der Waals surface area contributed by atoms with Crippen molar-refractivity contribution in [3.8, 4) is 0 Å². The molecule has 1 unspecified atom stereocenters. The number of carboxylic acid groups (broad SMARTS) is 1. The van der Waals surface area contributed by atoms with Gasteiger partial charge in [0.15, 0.2) is 6.04 Å². The molecule has 0 aromatic heterocycles. The van der Waals surface area contributed by atoms with Crippen LogP contribution in [0.25, 0.3) is 0 Å². The number of carboxylic acids is 1. The van der Waals surface area contributed by atoms with Crippen LogP contribution < -0.4 is 5.32 Å². The fraction of sp³-hybridized carbons (Fsp3) is 0.400. The lowest BCUT2D eigenvalue weighted by atomic mass is 10.0. The van der Waals surface area contributed by atoms with Crippen LogP contribution in [0.2, 0.25) is 0 Å². The number of alkyl carbamates (subject to hydrolysis) is 1. The number of hydrogen-bond donors (Lipinski definition) is 2. The number of esters is 1. The summed E-state index contributed by atoms with van der Waals surface area (Å²) in [4.78, 5) is 35.0. The molecule has 2 N–H and O–H groups in total. The van der Waals surface area contributed by atoms with E-state index in [2.05, 4.69) is 10.1 Å². The molecule has 7 nitrogen and oxygen atoms in total. The third kappa shape index (κ3) is 4.76. The minimum absolute atomic E-state index is 0.103. The Morgan fingerprint density at radius 1 is 1.18 bits per heavy atom. The van der Waals surface area contributed by atoms with Crippen molar-refractivity contribution in [1.29, 1.82) is 0 Å². The molecule has 7 heteroatoms. The predicted octanol–water partition coefficient (Wildman–Crippen LogP) is 2.12. The Labute approximate surface area is 128 Å². The molecule has 120 valence electrons. The topological polar surface area (TPSA) is 102 Å². The van der Waals surface area contributed by atoms with Crippen LogP contribution >= 0.6 is 0 Å². The number of amides is 1. The van der Waals surface area contributed by atoms with Gasteiger partial charge in [-0.2, -0.15) is 0 Å². The molecule has 1 atom stereocenters. The summed E-state index contributed by atoms with van der Waals surface area (Å²) in [7, 11) is 1.15. The van der Waals surface area contributed by atoms with Crippen molar-refractivity contribution in [2.75, 3.05) is 7.11 Å². The molecular formula is C15H19NO6. The van der Waals surface area contributed by atoms with Gasteiger partial charge in [0.25, 0.3) is 0 Å². The maximum absolute atomic E-state index is 11.9. The highest BCUT2D eigenvalue weighted by molar-refractivity contribution is 5.93. The van der Waals surface area contributed by atoms with Crippen LogP contribution in [-0.2, 0) is 14.3 Å². The lowest BCUT2D eigenvalue weighted by Crippen LogP contribution is -2.39. The SMILES string of the molecule is COC(=O)C(NC(=O)OC(C)(C)C)c1ccccc1C(=O)O. The van der Waals surface area contributed by atoms with Gasteiger partial charge >= 0.3 is 18.0 Å². The zero-order valence-electron chi connectivity index (χ0n) is 12.9. The number of carbonyl (C=O) groups is 3. The second-order valence-electron chi connectivity index (χ2n) is 5.49. The summed E-state index contributed by atoms with van der Waals surface area (Å²) >= 11 is 0. The van der Waals surface area contributed by atoms with Crippen molar-refractivity contribution in [2.24, 2.45) is 0 Å². The van der Waals surface area contributed by atoms with Gasteiger partial charge in [0.05, 0.1) is 12.7 Å². The minimum Gasteiger partial charge on any atom is -0.478 e. The van der Waals surface area contributed by atoms with Gasteiger partial charge in [0.1, 0.15) is 5.60 Å². The number of ether oxygens (including phenoxy) is 2. The predicted molar refractivity (Wildman–Crippen MR) is 77.5 cm³/mol. The number of rotatable bonds is 4. The van der Waals surface area contributed by atoms with E-state index in [0.717, 1.165) is 7.11 Å². The molecule has 0 bridgehead atoms. The number of methoxy groups -OCH3 is 1. The molecule has 1 amide bonds. The van der Waals surface area contributed by atoms with Crippen molar-refractivity contribution in [1.82, 2.24) is 5.32 Å². The molecule has 0 spiro atoms. The van der Waals surface area contributed by atoms with Crippen LogP contribution in [0.3, 0.4) is 0 Å². The molecule has 22 heavy (non-hydrogen) atoms. The van der Waals surface area contributed by atoms with Crippen molar-refractivity contribution in [3.63, 3.8) is 0 Å². The largest absolute Gasteiger partial charge is 0.478 e. The Kier molecular flexibility index (Phi) is 5.50. The van der Waals surface area contributed by atoms with E-state index in [1.165, 1.54) is 18.2 Å². The molecule has 0 saturated carbocycles. The molecule has 0 aliphatic carbocycles. The van der Waals surface area contributed by atoms with Crippen LogP contribution in [0.15, 0.2) is 24.3 Å². The summed E-state index contributed by atoms with van der Waals surface area (Å²) in [5.74, 6) is -2.00. The van der Waals surface area contributed by atoms with E-state index < -0.39 is 29.7 Å². The number of nitrogens with one attached hydrogen (secondary N) is 1. The van der Waals surface area contributed by atoms with Gasteiger partial charge < -0.3 is 19.9 Å². The Morgan fingerprint density at radius 2 is 1.77 bits per heavy atom. The fourth-order valence-corrected chi connectivity index (χ4v) is 1.75. The maximum Gasteiger partial charge on any atom is 0.408 e. The average Bonchev–Trinajstić information content (AvgIpc) is 2.42. The maximum atomic E-state index is 11.9. The van der Waals surface area contributed by atoms with Crippen molar-refractivity contribution >= 4 is 18.0 Å². The van der Waals surface area contributed by atoms with Crippen LogP contribution in [0, 0.1) is 0 Å². The average molecular weight is 309 g/mol. The zero-order valence-corrected chi connectivity index (χ0v) is 12.9. The van der Waals surface area contributed by atoms with Crippen molar-refractivity contribution in [3.05, 3.63) is 35.4 Å². The summed E-state index contributed by atoms with van der Waals surface area (Å²) in [5, 5.41) is 11.5. The van der Waals surface area contributed by atoms with Gasteiger partial charge in [-0.3, -0.25) is 0 Å². The van der Waals surface area contributed by atoms with E-state index in [-0.39, 0.29) is 11.1 Å². The summed E-state index contributed by atoms with van der Waals surface area (Å²) in [5.41, 5.74) is -0.737. The van der Waals surface area contributed by atoms with E-state index in [1.54, 1.807) is 26.8 Å². The van der Waals surface area contributed by atoms with Gasteiger partial charge in [-0.15, -0.1) is 0 Å². The molecular weight excluding hydrogens is 290 g/mol. The number of benzene rings is 1.